The Morgan fingerprint density at radius 1 is 0.618 bits per heavy atom. The molecule has 4 heteroatoms. The van der Waals surface area contributed by atoms with Crippen LogP contribution in [0.5, 0.6) is 0 Å². The number of hydrogen-bond donors (Lipinski definition) is 2. The summed E-state index contributed by atoms with van der Waals surface area (Å²) in [5, 5.41) is 17.8. The number of aliphatic carboxylic acids is 2. The van der Waals surface area contributed by atoms with Crippen molar-refractivity contribution in [3.05, 3.63) is 120 Å². The van der Waals surface area contributed by atoms with Gasteiger partial charge in [-0.3, -0.25) is 9.59 Å². The number of aryl methyl sites for hydroxylation is 1. The quantitative estimate of drug-likeness (QED) is 0.326. The van der Waals surface area contributed by atoms with Gasteiger partial charge in [-0.05, 0) is 41.2 Å². The van der Waals surface area contributed by atoms with Crippen LogP contribution in [-0.4, -0.2) is 22.2 Å². The van der Waals surface area contributed by atoms with Crippen molar-refractivity contribution in [2.75, 3.05) is 0 Å². The molecule has 0 fully saturated rings. The SMILES string of the molecule is Cc1ccc(-c2ccccc2)cc1.O=C(O)C[C@H](Cc1ccc(-c2ccccc2)cc1)C(=O)O. The molecule has 0 aromatic heterocycles. The first kappa shape index (κ1) is 24.5. The van der Waals surface area contributed by atoms with Crippen LogP contribution in [0.25, 0.3) is 22.3 Å². The van der Waals surface area contributed by atoms with Gasteiger partial charge in [0.05, 0.1) is 12.3 Å². The van der Waals surface area contributed by atoms with Crippen molar-refractivity contribution in [2.45, 2.75) is 19.8 Å². The molecule has 1 atom stereocenters. The molecule has 0 aliphatic rings. The molecule has 4 aromatic carbocycles. The Morgan fingerprint density at radius 2 is 1.03 bits per heavy atom. The van der Waals surface area contributed by atoms with Crippen molar-refractivity contribution in [1.82, 2.24) is 0 Å². The lowest BCUT2D eigenvalue weighted by molar-refractivity contribution is -0.148. The lowest BCUT2D eigenvalue weighted by Crippen LogP contribution is -2.20. The highest BCUT2D eigenvalue weighted by Gasteiger charge is 2.21. The maximum Gasteiger partial charge on any atom is 0.307 e. The van der Waals surface area contributed by atoms with E-state index < -0.39 is 17.9 Å². The molecule has 0 heterocycles. The van der Waals surface area contributed by atoms with Crippen LogP contribution in [0, 0.1) is 12.8 Å². The van der Waals surface area contributed by atoms with E-state index in [0.29, 0.717) is 0 Å². The van der Waals surface area contributed by atoms with E-state index in [1.165, 1.54) is 16.7 Å². The Labute approximate surface area is 200 Å². The minimum absolute atomic E-state index is 0.219. The lowest BCUT2D eigenvalue weighted by atomic mass is 9.95. The molecular weight excluding hydrogens is 424 g/mol. The fourth-order valence-electron chi connectivity index (χ4n) is 3.58. The Morgan fingerprint density at radius 3 is 1.44 bits per heavy atom. The second kappa shape index (κ2) is 12.2. The van der Waals surface area contributed by atoms with Gasteiger partial charge in [0.15, 0.2) is 0 Å². The zero-order valence-corrected chi connectivity index (χ0v) is 19.1. The average Bonchev–Trinajstić information content (AvgIpc) is 2.86. The monoisotopic (exact) mass is 452 g/mol. The summed E-state index contributed by atoms with van der Waals surface area (Å²) in [6.45, 7) is 2.11. The maximum absolute atomic E-state index is 11.1. The average molecular weight is 453 g/mol. The zero-order chi connectivity index (χ0) is 24.3. The molecule has 4 aromatic rings. The second-order valence-corrected chi connectivity index (χ2v) is 8.13. The van der Waals surface area contributed by atoms with Gasteiger partial charge in [0.1, 0.15) is 0 Å². The van der Waals surface area contributed by atoms with E-state index >= 15 is 0 Å². The first-order valence-electron chi connectivity index (χ1n) is 11.1. The van der Waals surface area contributed by atoms with Crippen LogP contribution >= 0.6 is 0 Å². The Balaban J connectivity index is 0.000000212. The molecule has 172 valence electrons. The van der Waals surface area contributed by atoms with Gasteiger partial charge in [0, 0.05) is 0 Å². The molecule has 4 rings (SSSR count). The fourth-order valence-corrected chi connectivity index (χ4v) is 3.58. The fraction of sp³-hybridized carbons (Fsp3) is 0.133. The van der Waals surface area contributed by atoms with Crippen LogP contribution in [0.15, 0.2) is 109 Å². The van der Waals surface area contributed by atoms with E-state index in [4.69, 9.17) is 10.2 Å². The molecule has 0 spiro atoms. The van der Waals surface area contributed by atoms with Crippen LogP contribution in [0.1, 0.15) is 17.5 Å². The highest BCUT2D eigenvalue weighted by atomic mass is 16.4. The first-order chi connectivity index (χ1) is 16.4. The Hall–Kier alpha value is -4.18. The number of benzene rings is 4. The van der Waals surface area contributed by atoms with Gasteiger partial charge in [-0.1, -0.05) is 115 Å². The Bertz CT molecular complexity index is 1180. The molecule has 0 saturated carbocycles. The molecule has 34 heavy (non-hydrogen) atoms. The summed E-state index contributed by atoms with van der Waals surface area (Å²) in [6.07, 6.45) is -0.146. The van der Waals surface area contributed by atoms with Crippen LogP contribution in [0.2, 0.25) is 0 Å². The van der Waals surface area contributed by atoms with E-state index in [1.807, 2.05) is 60.7 Å². The van der Waals surface area contributed by atoms with Crippen molar-refractivity contribution in [3.8, 4) is 22.3 Å². The van der Waals surface area contributed by atoms with E-state index in [-0.39, 0.29) is 12.8 Å². The summed E-state index contributed by atoms with van der Waals surface area (Å²) in [7, 11) is 0. The molecule has 0 bridgehead atoms. The first-order valence-corrected chi connectivity index (χ1v) is 11.1. The number of hydrogen-bond acceptors (Lipinski definition) is 2. The summed E-state index contributed by atoms with van der Waals surface area (Å²) < 4.78 is 0. The topological polar surface area (TPSA) is 74.6 Å². The van der Waals surface area contributed by atoms with Gasteiger partial charge < -0.3 is 10.2 Å². The normalized spacial score (nSPS) is 11.1. The predicted molar refractivity (Wildman–Crippen MR) is 136 cm³/mol. The minimum atomic E-state index is -1.09. The van der Waals surface area contributed by atoms with E-state index in [2.05, 4.69) is 55.5 Å². The molecule has 4 nitrogen and oxygen atoms in total. The van der Waals surface area contributed by atoms with Crippen molar-refractivity contribution < 1.29 is 19.8 Å². The lowest BCUT2D eigenvalue weighted by Gasteiger charge is -2.10. The van der Waals surface area contributed by atoms with Gasteiger partial charge >= 0.3 is 11.9 Å². The summed E-state index contributed by atoms with van der Waals surface area (Å²) in [5.74, 6) is -3.07. The molecule has 0 saturated heterocycles. The number of carboxylic acids is 2. The van der Waals surface area contributed by atoms with Crippen molar-refractivity contribution in [2.24, 2.45) is 5.92 Å². The highest BCUT2D eigenvalue weighted by Crippen LogP contribution is 2.21. The maximum atomic E-state index is 11.1. The summed E-state index contributed by atoms with van der Waals surface area (Å²) in [4.78, 5) is 21.7. The third kappa shape index (κ3) is 7.45. The number of carbonyl (C=O) groups is 2. The molecule has 2 N–H and O–H groups in total. The van der Waals surface area contributed by atoms with E-state index in [0.717, 1.165) is 16.7 Å². The van der Waals surface area contributed by atoms with Crippen LogP contribution in [0.4, 0.5) is 0 Å². The smallest absolute Gasteiger partial charge is 0.307 e. The molecule has 0 aliphatic heterocycles. The molecule has 0 amide bonds. The van der Waals surface area contributed by atoms with Gasteiger partial charge in [-0.25, -0.2) is 0 Å². The molecule has 0 aliphatic carbocycles. The van der Waals surface area contributed by atoms with E-state index in [9.17, 15) is 9.59 Å². The molecule has 0 radical (unpaired) electrons. The Kier molecular flexibility index (Phi) is 8.75. The van der Waals surface area contributed by atoms with Gasteiger partial charge in [-0.2, -0.15) is 0 Å². The van der Waals surface area contributed by atoms with Crippen molar-refractivity contribution >= 4 is 11.9 Å². The predicted octanol–water partition coefficient (Wildman–Crippen LogP) is 6.73. The molecule has 0 unspecified atom stereocenters. The molecular formula is C30H28O4. The number of carboxylic acid groups (broad SMARTS) is 2. The standard InChI is InChI=1S/C17H16O4.C13H12/c18-16(19)11-15(17(20)21)10-12-6-8-14(9-7-12)13-4-2-1-3-5-13;1-11-7-9-13(10-8-11)12-5-3-2-4-6-12/h1-9,15H,10-11H2,(H,18,19)(H,20,21);2-10H,1H3/t15-;/m0./s1. The number of rotatable bonds is 7. The van der Waals surface area contributed by atoms with Crippen LogP contribution < -0.4 is 0 Å². The highest BCUT2D eigenvalue weighted by molar-refractivity contribution is 5.78. The third-order valence-corrected chi connectivity index (χ3v) is 5.47. The van der Waals surface area contributed by atoms with Crippen molar-refractivity contribution in [3.63, 3.8) is 0 Å². The van der Waals surface area contributed by atoms with Gasteiger partial charge in [0.25, 0.3) is 0 Å². The van der Waals surface area contributed by atoms with Gasteiger partial charge in [0.2, 0.25) is 0 Å². The van der Waals surface area contributed by atoms with Crippen molar-refractivity contribution in [1.29, 1.82) is 0 Å². The zero-order valence-electron chi connectivity index (χ0n) is 19.1. The second-order valence-electron chi connectivity index (χ2n) is 8.13. The van der Waals surface area contributed by atoms with E-state index in [1.54, 1.807) is 0 Å². The largest absolute Gasteiger partial charge is 0.481 e. The summed E-state index contributed by atoms with van der Waals surface area (Å²) in [6, 6.07) is 36.4. The summed E-state index contributed by atoms with van der Waals surface area (Å²) >= 11 is 0. The minimum Gasteiger partial charge on any atom is -0.481 e. The van der Waals surface area contributed by atoms with Crippen LogP contribution in [-0.2, 0) is 16.0 Å². The van der Waals surface area contributed by atoms with Crippen LogP contribution in [0.3, 0.4) is 0 Å². The summed E-state index contributed by atoms with van der Waals surface area (Å²) in [5.41, 5.74) is 6.82. The third-order valence-electron chi connectivity index (χ3n) is 5.47. The van der Waals surface area contributed by atoms with Gasteiger partial charge in [-0.15, -0.1) is 0 Å².